The number of halogens is 1. The van der Waals surface area contributed by atoms with Gasteiger partial charge >= 0.3 is 5.97 Å². The van der Waals surface area contributed by atoms with E-state index in [1.54, 1.807) is 25.1 Å². The first-order chi connectivity index (χ1) is 12.0. The summed E-state index contributed by atoms with van der Waals surface area (Å²) < 4.78 is 6.48. The van der Waals surface area contributed by atoms with Crippen LogP contribution in [-0.4, -0.2) is 33.6 Å². The van der Waals surface area contributed by atoms with Gasteiger partial charge in [-0.15, -0.1) is 0 Å². The molecule has 0 amide bonds. The Morgan fingerprint density at radius 3 is 2.80 bits per heavy atom. The molecule has 0 aliphatic rings. The fraction of sp³-hybridized carbons (Fsp3) is 0.412. The highest BCUT2D eigenvalue weighted by molar-refractivity contribution is 6.33. The van der Waals surface area contributed by atoms with Crippen LogP contribution in [0.15, 0.2) is 24.3 Å². The van der Waals surface area contributed by atoms with Crippen molar-refractivity contribution in [2.45, 2.75) is 39.3 Å². The van der Waals surface area contributed by atoms with Gasteiger partial charge in [0.1, 0.15) is 11.4 Å². The zero-order chi connectivity index (χ0) is 18.4. The van der Waals surface area contributed by atoms with Crippen LogP contribution in [0.3, 0.4) is 0 Å². The fourth-order valence-corrected chi connectivity index (χ4v) is 2.60. The maximum absolute atomic E-state index is 12.3. The van der Waals surface area contributed by atoms with Gasteiger partial charge in [0, 0.05) is 0 Å². The quantitative estimate of drug-likeness (QED) is 0.620. The van der Waals surface area contributed by atoms with Gasteiger partial charge in [0.05, 0.1) is 30.0 Å². The number of aliphatic hydroxyl groups is 1. The van der Waals surface area contributed by atoms with Crippen molar-refractivity contribution in [3.8, 4) is 0 Å². The molecule has 4 N–H and O–H groups in total. The summed E-state index contributed by atoms with van der Waals surface area (Å²) in [6.45, 7) is 4.10. The molecular formula is C17H23ClN4O3. The lowest BCUT2D eigenvalue weighted by Gasteiger charge is -2.10. The molecule has 0 fully saturated rings. The van der Waals surface area contributed by atoms with E-state index >= 15 is 0 Å². The summed E-state index contributed by atoms with van der Waals surface area (Å²) in [6.07, 6.45) is 0.842. The number of carbonyl (C=O) groups is 1. The molecule has 7 nitrogen and oxygen atoms in total. The van der Waals surface area contributed by atoms with Crippen LogP contribution in [0.5, 0.6) is 0 Å². The predicted octanol–water partition coefficient (Wildman–Crippen LogP) is 3.20. The molecular weight excluding hydrogens is 344 g/mol. The molecule has 0 saturated carbocycles. The number of ether oxygens (including phenoxy) is 1. The van der Waals surface area contributed by atoms with E-state index in [2.05, 4.69) is 10.4 Å². The third kappa shape index (κ3) is 4.64. The van der Waals surface area contributed by atoms with Gasteiger partial charge in [-0.05, 0) is 25.5 Å². The SMILES string of the molecule is CCCC(O)Cn1nc(Nc2ccccc2Cl)c(C(=O)OCC)c1N. The monoisotopic (exact) mass is 366 g/mol. The summed E-state index contributed by atoms with van der Waals surface area (Å²) in [6, 6.07) is 7.09. The average Bonchev–Trinajstić information content (AvgIpc) is 2.86. The fourth-order valence-electron chi connectivity index (χ4n) is 2.42. The summed E-state index contributed by atoms with van der Waals surface area (Å²) in [5.74, 6) is -0.193. The van der Waals surface area contributed by atoms with Crippen molar-refractivity contribution < 1.29 is 14.6 Å². The zero-order valence-electron chi connectivity index (χ0n) is 14.3. The molecule has 0 aliphatic carbocycles. The number of nitrogens with one attached hydrogen (secondary N) is 1. The Balaban J connectivity index is 2.38. The summed E-state index contributed by atoms with van der Waals surface area (Å²) in [7, 11) is 0. The van der Waals surface area contributed by atoms with Gasteiger partial charge in [-0.3, -0.25) is 0 Å². The van der Waals surface area contributed by atoms with E-state index in [1.807, 2.05) is 13.0 Å². The largest absolute Gasteiger partial charge is 0.462 e. The molecule has 0 bridgehead atoms. The highest BCUT2D eigenvalue weighted by atomic mass is 35.5. The summed E-state index contributed by atoms with van der Waals surface area (Å²) in [5.41, 5.74) is 6.81. The van der Waals surface area contributed by atoms with Gasteiger partial charge in [-0.1, -0.05) is 37.1 Å². The molecule has 1 unspecified atom stereocenters. The maximum atomic E-state index is 12.3. The molecule has 0 saturated heterocycles. The summed E-state index contributed by atoms with van der Waals surface area (Å²) in [5, 5.41) is 17.9. The number of nitrogens with zero attached hydrogens (tertiary/aromatic N) is 2. The second kappa shape index (κ2) is 8.73. The van der Waals surface area contributed by atoms with Crippen LogP contribution in [0.1, 0.15) is 37.0 Å². The van der Waals surface area contributed by atoms with E-state index in [0.29, 0.717) is 17.1 Å². The smallest absolute Gasteiger partial charge is 0.345 e. The molecule has 25 heavy (non-hydrogen) atoms. The lowest BCUT2D eigenvalue weighted by atomic mass is 10.2. The number of rotatable bonds is 8. The van der Waals surface area contributed by atoms with E-state index in [4.69, 9.17) is 22.1 Å². The van der Waals surface area contributed by atoms with Crippen LogP contribution in [0.25, 0.3) is 0 Å². The van der Waals surface area contributed by atoms with Crippen LogP contribution in [-0.2, 0) is 11.3 Å². The van der Waals surface area contributed by atoms with E-state index in [9.17, 15) is 9.90 Å². The second-order valence-corrected chi connectivity index (χ2v) is 5.97. The number of nitrogen functional groups attached to an aromatic ring is 1. The van der Waals surface area contributed by atoms with Gasteiger partial charge in [0.2, 0.25) is 0 Å². The predicted molar refractivity (Wildman–Crippen MR) is 98.2 cm³/mol. The Hall–Kier alpha value is -2.25. The van der Waals surface area contributed by atoms with Crippen LogP contribution < -0.4 is 11.1 Å². The standard InChI is InChI=1S/C17H23ClN4O3/c1-3-7-11(23)10-22-15(19)14(17(24)25-4-2)16(21-22)20-13-9-6-5-8-12(13)18/h5-6,8-9,11,23H,3-4,7,10,19H2,1-2H3,(H,20,21). The van der Waals surface area contributed by atoms with Crippen LogP contribution in [0.4, 0.5) is 17.3 Å². The van der Waals surface area contributed by atoms with Crippen molar-refractivity contribution in [2.75, 3.05) is 17.7 Å². The van der Waals surface area contributed by atoms with Crippen molar-refractivity contribution >= 4 is 34.9 Å². The molecule has 136 valence electrons. The number of aliphatic hydroxyl groups excluding tert-OH is 1. The molecule has 1 aromatic heterocycles. The number of esters is 1. The van der Waals surface area contributed by atoms with E-state index in [0.717, 1.165) is 6.42 Å². The number of anilines is 3. The molecule has 1 atom stereocenters. The van der Waals surface area contributed by atoms with Gasteiger partial charge in [-0.2, -0.15) is 5.10 Å². The maximum Gasteiger partial charge on any atom is 0.345 e. The highest BCUT2D eigenvalue weighted by Gasteiger charge is 2.25. The van der Waals surface area contributed by atoms with Crippen molar-refractivity contribution in [3.05, 3.63) is 34.9 Å². The van der Waals surface area contributed by atoms with Gasteiger partial charge in [0.25, 0.3) is 0 Å². The van der Waals surface area contributed by atoms with Crippen LogP contribution in [0, 0.1) is 0 Å². The van der Waals surface area contributed by atoms with Crippen molar-refractivity contribution in [1.82, 2.24) is 9.78 Å². The lowest BCUT2D eigenvalue weighted by Crippen LogP contribution is -2.18. The van der Waals surface area contributed by atoms with Gasteiger partial charge in [0.15, 0.2) is 5.82 Å². The third-order valence-electron chi connectivity index (χ3n) is 3.60. The topological polar surface area (TPSA) is 102 Å². The first kappa shape index (κ1) is 19.1. The average molecular weight is 367 g/mol. The molecule has 0 spiro atoms. The Morgan fingerprint density at radius 1 is 1.44 bits per heavy atom. The minimum absolute atomic E-state index is 0.130. The Labute approximate surface area is 151 Å². The minimum Gasteiger partial charge on any atom is -0.462 e. The Kier molecular flexibility index (Phi) is 6.66. The molecule has 1 heterocycles. The van der Waals surface area contributed by atoms with Crippen molar-refractivity contribution in [1.29, 1.82) is 0 Å². The van der Waals surface area contributed by atoms with Gasteiger partial charge < -0.3 is 20.9 Å². The first-order valence-electron chi connectivity index (χ1n) is 8.20. The summed E-state index contributed by atoms with van der Waals surface area (Å²) in [4.78, 5) is 12.3. The molecule has 2 rings (SSSR count). The lowest BCUT2D eigenvalue weighted by molar-refractivity contribution is 0.0528. The number of hydrogen-bond acceptors (Lipinski definition) is 6. The molecule has 8 heteroatoms. The van der Waals surface area contributed by atoms with Crippen molar-refractivity contribution in [2.24, 2.45) is 0 Å². The number of para-hydroxylation sites is 1. The van der Waals surface area contributed by atoms with Crippen molar-refractivity contribution in [3.63, 3.8) is 0 Å². The van der Waals surface area contributed by atoms with E-state index in [-0.39, 0.29) is 30.4 Å². The third-order valence-corrected chi connectivity index (χ3v) is 3.93. The summed E-state index contributed by atoms with van der Waals surface area (Å²) >= 11 is 6.15. The van der Waals surface area contributed by atoms with E-state index in [1.165, 1.54) is 4.68 Å². The van der Waals surface area contributed by atoms with Gasteiger partial charge in [-0.25, -0.2) is 9.48 Å². The molecule has 2 aromatic rings. The Bertz CT molecular complexity index is 733. The molecule has 1 aromatic carbocycles. The number of aromatic nitrogens is 2. The highest BCUT2D eigenvalue weighted by Crippen LogP contribution is 2.29. The zero-order valence-corrected chi connectivity index (χ0v) is 15.1. The first-order valence-corrected chi connectivity index (χ1v) is 8.58. The van der Waals surface area contributed by atoms with Crippen LogP contribution >= 0.6 is 11.6 Å². The van der Waals surface area contributed by atoms with Crippen LogP contribution in [0.2, 0.25) is 5.02 Å². The number of carbonyl (C=O) groups excluding carboxylic acids is 1. The number of nitrogens with two attached hydrogens (primary N) is 1. The Morgan fingerprint density at radius 2 is 2.16 bits per heavy atom. The number of benzene rings is 1. The van der Waals surface area contributed by atoms with E-state index < -0.39 is 12.1 Å². The molecule has 0 aliphatic heterocycles. The minimum atomic E-state index is -0.601. The normalized spacial score (nSPS) is 12.0. The second-order valence-electron chi connectivity index (χ2n) is 5.56. The molecule has 0 radical (unpaired) electrons. The number of hydrogen-bond donors (Lipinski definition) is 3.